The average molecular weight is 363 g/mol. The first kappa shape index (κ1) is 17.6. The van der Waals surface area contributed by atoms with Gasteiger partial charge in [-0.2, -0.15) is 0 Å². The number of carbonyl (C=O) groups is 1. The minimum Gasteiger partial charge on any atom is -0.335 e. The van der Waals surface area contributed by atoms with Crippen LogP contribution in [0.1, 0.15) is 29.6 Å². The number of carbonyl (C=O) groups excluding carboxylic acids is 1. The zero-order valence-corrected chi connectivity index (χ0v) is 15.0. The molecule has 0 aliphatic carbocycles. The maximum absolute atomic E-state index is 13.5. The molecule has 7 heteroatoms. The van der Waals surface area contributed by atoms with Gasteiger partial charge in [-0.1, -0.05) is 17.7 Å². The molecule has 1 N–H and O–H groups in total. The molecule has 25 heavy (non-hydrogen) atoms. The molecule has 1 aromatic heterocycles. The third-order valence-corrected chi connectivity index (χ3v) is 4.56. The van der Waals surface area contributed by atoms with Crippen molar-refractivity contribution in [3.8, 4) is 0 Å². The number of nitrogens with zero attached hydrogens (tertiary/aromatic N) is 3. The Kier molecular flexibility index (Phi) is 5.18. The topological polar surface area (TPSA) is 58.1 Å². The highest BCUT2D eigenvalue weighted by molar-refractivity contribution is 6.30. The normalized spacial score (nSPS) is 14.8. The van der Waals surface area contributed by atoms with E-state index in [2.05, 4.69) is 15.3 Å². The molecule has 1 aliphatic rings. The van der Waals surface area contributed by atoms with Gasteiger partial charge in [0.15, 0.2) is 0 Å². The lowest BCUT2D eigenvalue weighted by Gasteiger charge is -2.29. The molecule has 1 aromatic carbocycles. The van der Waals surface area contributed by atoms with Crippen LogP contribution in [0.15, 0.2) is 24.4 Å². The van der Waals surface area contributed by atoms with Crippen LogP contribution >= 0.6 is 11.6 Å². The molecule has 0 radical (unpaired) electrons. The van der Waals surface area contributed by atoms with Crippen LogP contribution in [-0.4, -0.2) is 33.5 Å². The van der Waals surface area contributed by atoms with E-state index in [1.54, 1.807) is 11.0 Å². The van der Waals surface area contributed by atoms with Crippen molar-refractivity contribution in [2.75, 3.05) is 6.54 Å². The van der Waals surface area contributed by atoms with Crippen molar-refractivity contribution in [1.29, 1.82) is 0 Å². The maximum atomic E-state index is 13.5. The number of halogens is 2. The smallest absolute Gasteiger partial charge is 0.317 e. The van der Waals surface area contributed by atoms with Crippen LogP contribution in [0.3, 0.4) is 0 Å². The molecule has 3 rings (SSSR count). The molecule has 1 aliphatic heterocycles. The lowest BCUT2D eigenvalue weighted by atomic mass is 10.1. The van der Waals surface area contributed by atoms with Gasteiger partial charge in [0.1, 0.15) is 11.6 Å². The van der Waals surface area contributed by atoms with Crippen LogP contribution in [0.25, 0.3) is 0 Å². The van der Waals surface area contributed by atoms with Crippen LogP contribution in [0.5, 0.6) is 0 Å². The van der Waals surface area contributed by atoms with Gasteiger partial charge in [-0.3, -0.25) is 0 Å². The van der Waals surface area contributed by atoms with Crippen molar-refractivity contribution in [1.82, 2.24) is 20.2 Å². The number of hydrogen-bond donors (Lipinski definition) is 1. The van der Waals surface area contributed by atoms with Gasteiger partial charge in [-0.05, 0) is 49.9 Å². The Morgan fingerprint density at radius 3 is 3.04 bits per heavy atom. The lowest BCUT2D eigenvalue weighted by Crippen LogP contribution is -2.46. The molecule has 5 nitrogen and oxygen atoms in total. The van der Waals surface area contributed by atoms with E-state index in [0.29, 0.717) is 25.3 Å². The Labute approximate surface area is 151 Å². The zero-order valence-electron chi connectivity index (χ0n) is 14.2. The monoisotopic (exact) mass is 362 g/mol. The molecule has 132 valence electrons. The van der Waals surface area contributed by atoms with Crippen LogP contribution in [0.2, 0.25) is 5.02 Å². The van der Waals surface area contributed by atoms with Crippen molar-refractivity contribution in [3.63, 3.8) is 0 Å². The van der Waals surface area contributed by atoms with Crippen molar-refractivity contribution < 1.29 is 9.18 Å². The van der Waals surface area contributed by atoms with Crippen LogP contribution in [0.4, 0.5) is 9.18 Å². The largest absolute Gasteiger partial charge is 0.335 e. The highest BCUT2D eigenvalue weighted by Gasteiger charge is 2.23. The minimum atomic E-state index is -0.444. The van der Waals surface area contributed by atoms with Gasteiger partial charge in [0.25, 0.3) is 0 Å². The number of aromatic nitrogens is 2. The molecular formula is C18H20ClFN4O. The maximum Gasteiger partial charge on any atom is 0.317 e. The summed E-state index contributed by atoms with van der Waals surface area (Å²) >= 11 is 5.69. The van der Waals surface area contributed by atoms with Gasteiger partial charge in [0.05, 0.1) is 17.3 Å². The molecule has 1 unspecified atom stereocenters. The second-order valence-corrected chi connectivity index (χ2v) is 6.77. The summed E-state index contributed by atoms with van der Waals surface area (Å²) in [4.78, 5) is 22.9. The van der Waals surface area contributed by atoms with Gasteiger partial charge < -0.3 is 10.2 Å². The predicted molar refractivity (Wildman–Crippen MR) is 94.0 cm³/mol. The standard InChI is InChI=1S/C18H20ClFN4O/c1-11(7-13-3-4-15(19)16(20)8-13)22-18(25)24-6-5-14-9-21-12(2)23-17(14)10-24/h3-4,8-9,11H,5-7,10H2,1-2H3,(H,22,25). The van der Waals surface area contributed by atoms with E-state index in [4.69, 9.17) is 11.6 Å². The number of urea groups is 1. The van der Waals surface area contributed by atoms with Crippen LogP contribution in [-0.2, 0) is 19.4 Å². The Bertz CT molecular complexity index is 799. The summed E-state index contributed by atoms with van der Waals surface area (Å²) < 4.78 is 13.5. The minimum absolute atomic E-state index is 0.102. The van der Waals surface area contributed by atoms with E-state index in [9.17, 15) is 9.18 Å². The van der Waals surface area contributed by atoms with E-state index >= 15 is 0 Å². The Balaban J connectivity index is 1.59. The Morgan fingerprint density at radius 1 is 1.48 bits per heavy atom. The first-order chi connectivity index (χ1) is 11.9. The van der Waals surface area contributed by atoms with E-state index in [1.807, 2.05) is 20.0 Å². The fourth-order valence-corrected chi connectivity index (χ4v) is 3.07. The third-order valence-electron chi connectivity index (χ3n) is 4.25. The van der Waals surface area contributed by atoms with Crippen molar-refractivity contribution in [2.24, 2.45) is 0 Å². The number of hydrogen-bond acceptors (Lipinski definition) is 3. The first-order valence-corrected chi connectivity index (χ1v) is 8.61. The highest BCUT2D eigenvalue weighted by Crippen LogP contribution is 2.18. The summed E-state index contributed by atoms with van der Waals surface area (Å²) in [7, 11) is 0. The lowest BCUT2D eigenvalue weighted by molar-refractivity contribution is 0.188. The molecule has 2 amide bonds. The fraction of sp³-hybridized carbons (Fsp3) is 0.389. The van der Waals surface area contributed by atoms with Gasteiger partial charge in [-0.15, -0.1) is 0 Å². The van der Waals surface area contributed by atoms with E-state index < -0.39 is 5.82 Å². The number of fused-ring (bicyclic) bond motifs is 1. The highest BCUT2D eigenvalue weighted by atomic mass is 35.5. The fourth-order valence-electron chi connectivity index (χ4n) is 2.95. The molecule has 2 heterocycles. The van der Waals surface area contributed by atoms with Crippen molar-refractivity contribution in [2.45, 2.75) is 39.3 Å². The first-order valence-electron chi connectivity index (χ1n) is 8.23. The summed E-state index contributed by atoms with van der Waals surface area (Å²) in [6.45, 7) is 4.85. The molecule has 0 saturated heterocycles. The number of nitrogens with one attached hydrogen (secondary N) is 1. The van der Waals surface area contributed by atoms with Crippen LogP contribution in [0, 0.1) is 12.7 Å². The van der Waals surface area contributed by atoms with Crippen LogP contribution < -0.4 is 5.32 Å². The van der Waals surface area contributed by atoms with Gasteiger partial charge in [0, 0.05) is 18.8 Å². The summed E-state index contributed by atoms with van der Waals surface area (Å²) in [6, 6.07) is 4.45. The second-order valence-electron chi connectivity index (χ2n) is 6.36. The number of rotatable bonds is 3. The van der Waals surface area contributed by atoms with E-state index in [-0.39, 0.29) is 17.1 Å². The summed E-state index contributed by atoms with van der Waals surface area (Å²) in [5.74, 6) is 0.263. The molecule has 0 saturated carbocycles. The Hall–Kier alpha value is -2.21. The SMILES string of the molecule is Cc1ncc2c(n1)CN(C(=O)NC(C)Cc1ccc(Cl)c(F)c1)CC2. The molecule has 0 spiro atoms. The summed E-state index contributed by atoms with van der Waals surface area (Å²) in [6.07, 6.45) is 3.12. The van der Waals surface area contributed by atoms with Gasteiger partial charge in [-0.25, -0.2) is 19.2 Å². The Morgan fingerprint density at radius 2 is 2.28 bits per heavy atom. The molecule has 0 fully saturated rings. The molecule has 2 aromatic rings. The molecule has 1 atom stereocenters. The summed E-state index contributed by atoms with van der Waals surface area (Å²) in [5, 5.41) is 3.07. The van der Waals surface area contributed by atoms with E-state index in [1.165, 1.54) is 12.1 Å². The van der Waals surface area contributed by atoms with E-state index in [0.717, 1.165) is 23.2 Å². The molecule has 0 bridgehead atoms. The third kappa shape index (κ3) is 4.25. The zero-order chi connectivity index (χ0) is 18.0. The van der Waals surface area contributed by atoms with Crippen molar-refractivity contribution in [3.05, 3.63) is 57.9 Å². The van der Waals surface area contributed by atoms with Gasteiger partial charge >= 0.3 is 6.03 Å². The summed E-state index contributed by atoms with van der Waals surface area (Å²) in [5.41, 5.74) is 2.79. The number of amides is 2. The second kappa shape index (κ2) is 7.35. The van der Waals surface area contributed by atoms with Gasteiger partial charge in [0.2, 0.25) is 0 Å². The number of benzene rings is 1. The quantitative estimate of drug-likeness (QED) is 0.911. The van der Waals surface area contributed by atoms with Crippen molar-refractivity contribution >= 4 is 17.6 Å². The molecular weight excluding hydrogens is 343 g/mol. The average Bonchev–Trinajstić information content (AvgIpc) is 2.57. The predicted octanol–water partition coefficient (Wildman–Crippen LogP) is 3.28. The number of aryl methyl sites for hydroxylation is 1.